The Hall–Kier alpha value is -2.62. The fourth-order valence-electron chi connectivity index (χ4n) is 2.02. The van der Waals surface area contributed by atoms with Gasteiger partial charge in [0.1, 0.15) is 0 Å². The zero-order valence-corrected chi connectivity index (χ0v) is 12.1. The van der Waals surface area contributed by atoms with Crippen LogP contribution in [0.1, 0.15) is 21.5 Å². The van der Waals surface area contributed by atoms with Crippen molar-refractivity contribution in [1.29, 1.82) is 0 Å². The van der Waals surface area contributed by atoms with Gasteiger partial charge in [0.2, 0.25) is 5.91 Å². The fourth-order valence-corrected chi connectivity index (χ4v) is 2.02. The summed E-state index contributed by atoms with van der Waals surface area (Å²) >= 11 is 0. The lowest BCUT2D eigenvalue weighted by Gasteiger charge is -2.06. The highest BCUT2D eigenvalue weighted by molar-refractivity contribution is 5.94. The average molecular weight is 283 g/mol. The third-order valence-electron chi connectivity index (χ3n) is 3.04. The molecule has 0 saturated heterocycles. The Morgan fingerprint density at radius 3 is 2.43 bits per heavy atom. The molecule has 0 aromatic heterocycles. The SMILES string of the molecule is COC(=O)c1ccc(NC(=O)Cc2cccc(C)c2)cc1. The van der Waals surface area contributed by atoms with Crippen LogP contribution in [0.3, 0.4) is 0 Å². The second-order valence-corrected chi connectivity index (χ2v) is 4.78. The zero-order valence-electron chi connectivity index (χ0n) is 12.1. The van der Waals surface area contributed by atoms with Crippen LogP contribution in [0.5, 0.6) is 0 Å². The summed E-state index contributed by atoms with van der Waals surface area (Å²) in [5, 5.41) is 2.80. The van der Waals surface area contributed by atoms with E-state index in [9.17, 15) is 9.59 Å². The van der Waals surface area contributed by atoms with Crippen molar-refractivity contribution in [2.24, 2.45) is 0 Å². The summed E-state index contributed by atoms with van der Waals surface area (Å²) in [6, 6.07) is 14.4. The smallest absolute Gasteiger partial charge is 0.337 e. The Morgan fingerprint density at radius 2 is 1.81 bits per heavy atom. The van der Waals surface area contributed by atoms with Gasteiger partial charge in [0.25, 0.3) is 0 Å². The first-order valence-electron chi connectivity index (χ1n) is 6.62. The number of carbonyl (C=O) groups is 2. The molecule has 0 bridgehead atoms. The molecule has 1 N–H and O–H groups in total. The molecule has 1 amide bonds. The second-order valence-electron chi connectivity index (χ2n) is 4.78. The van der Waals surface area contributed by atoms with Crippen molar-refractivity contribution in [1.82, 2.24) is 0 Å². The summed E-state index contributed by atoms with van der Waals surface area (Å²) in [4.78, 5) is 23.3. The monoisotopic (exact) mass is 283 g/mol. The quantitative estimate of drug-likeness (QED) is 0.878. The van der Waals surface area contributed by atoms with Crippen LogP contribution in [0.4, 0.5) is 5.69 Å². The van der Waals surface area contributed by atoms with E-state index in [0.29, 0.717) is 17.7 Å². The van der Waals surface area contributed by atoms with Gasteiger partial charge < -0.3 is 10.1 Å². The number of rotatable bonds is 4. The number of nitrogens with one attached hydrogen (secondary N) is 1. The Labute approximate surface area is 123 Å². The van der Waals surface area contributed by atoms with Crippen molar-refractivity contribution in [3.8, 4) is 0 Å². The molecular formula is C17H17NO3. The van der Waals surface area contributed by atoms with Crippen molar-refractivity contribution in [3.05, 3.63) is 65.2 Å². The molecular weight excluding hydrogens is 266 g/mol. The number of methoxy groups -OCH3 is 1. The standard InChI is InChI=1S/C17H17NO3/c1-12-4-3-5-13(10-12)11-16(19)18-15-8-6-14(7-9-15)17(20)21-2/h3-10H,11H2,1-2H3,(H,18,19). The number of ether oxygens (including phenoxy) is 1. The maximum Gasteiger partial charge on any atom is 0.337 e. The molecule has 0 fully saturated rings. The van der Waals surface area contributed by atoms with E-state index in [0.717, 1.165) is 11.1 Å². The minimum Gasteiger partial charge on any atom is -0.465 e. The van der Waals surface area contributed by atoms with E-state index in [1.54, 1.807) is 24.3 Å². The molecule has 0 aliphatic carbocycles. The number of aryl methyl sites for hydroxylation is 1. The van der Waals surface area contributed by atoms with Gasteiger partial charge in [0, 0.05) is 5.69 Å². The first-order valence-corrected chi connectivity index (χ1v) is 6.62. The number of benzene rings is 2. The van der Waals surface area contributed by atoms with Crippen molar-refractivity contribution >= 4 is 17.6 Å². The van der Waals surface area contributed by atoms with Gasteiger partial charge in [-0.05, 0) is 36.8 Å². The number of hydrogen-bond acceptors (Lipinski definition) is 3. The molecule has 0 saturated carbocycles. The summed E-state index contributed by atoms with van der Waals surface area (Å²) in [6.45, 7) is 1.99. The maximum absolute atomic E-state index is 12.0. The summed E-state index contributed by atoms with van der Waals surface area (Å²) in [7, 11) is 1.33. The van der Waals surface area contributed by atoms with Gasteiger partial charge in [0.05, 0.1) is 19.1 Å². The number of esters is 1. The molecule has 108 valence electrons. The van der Waals surface area contributed by atoms with E-state index in [1.165, 1.54) is 7.11 Å². The first-order chi connectivity index (χ1) is 10.1. The predicted octanol–water partition coefficient (Wildman–Crippen LogP) is 2.96. The highest BCUT2D eigenvalue weighted by atomic mass is 16.5. The Kier molecular flexibility index (Phi) is 4.72. The molecule has 21 heavy (non-hydrogen) atoms. The predicted molar refractivity (Wildman–Crippen MR) is 81.3 cm³/mol. The second kappa shape index (κ2) is 6.70. The minimum atomic E-state index is -0.396. The van der Waals surface area contributed by atoms with Crippen LogP contribution in [0.25, 0.3) is 0 Å². The van der Waals surface area contributed by atoms with E-state index >= 15 is 0 Å². The number of hydrogen-bond donors (Lipinski definition) is 1. The molecule has 0 spiro atoms. The van der Waals surface area contributed by atoms with Crippen molar-refractivity contribution in [2.75, 3.05) is 12.4 Å². The van der Waals surface area contributed by atoms with E-state index in [4.69, 9.17) is 0 Å². The Morgan fingerprint density at radius 1 is 1.10 bits per heavy atom. The number of amides is 1. The van der Waals surface area contributed by atoms with Gasteiger partial charge in [-0.3, -0.25) is 4.79 Å². The minimum absolute atomic E-state index is 0.0913. The molecule has 0 radical (unpaired) electrons. The highest BCUT2D eigenvalue weighted by Crippen LogP contribution is 2.12. The van der Waals surface area contributed by atoms with Crippen molar-refractivity contribution in [3.63, 3.8) is 0 Å². The van der Waals surface area contributed by atoms with E-state index in [2.05, 4.69) is 10.1 Å². The van der Waals surface area contributed by atoms with E-state index in [1.807, 2.05) is 31.2 Å². The lowest BCUT2D eigenvalue weighted by atomic mass is 10.1. The lowest BCUT2D eigenvalue weighted by Crippen LogP contribution is -2.14. The lowest BCUT2D eigenvalue weighted by molar-refractivity contribution is -0.115. The summed E-state index contributed by atoms with van der Waals surface area (Å²) in [5.74, 6) is -0.487. The van der Waals surface area contributed by atoms with Gasteiger partial charge >= 0.3 is 5.97 Å². The highest BCUT2D eigenvalue weighted by Gasteiger charge is 2.07. The van der Waals surface area contributed by atoms with Crippen molar-refractivity contribution in [2.45, 2.75) is 13.3 Å². The van der Waals surface area contributed by atoms with Crippen LogP contribution < -0.4 is 5.32 Å². The fraction of sp³-hybridized carbons (Fsp3) is 0.176. The normalized spacial score (nSPS) is 10.0. The van der Waals surface area contributed by atoms with Gasteiger partial charge in [-0.1, -0.05) is 29.8 Å². The molecule has 0 aliphatic heterocycles. The third-order valence-corrected chi connectivity index (χ3v) is 3.04. The Balaban J connectivity index is 1.98. The molecule has 0 unspecified atom stereocenters. The zero-order chi connectivity index (χ0) is 15.2. The molecule has 4 nitrogen and oxygen atoms in total. The van der Waals surface area contributed by atoms with Crippen LogP contribution in [-0.2, 0) is 16.0 Å². The van der Waals surface area contributed by atoms with Crippen LogP contribution in [-0.4, -0.2) is 19.0 Å². The number of anilines is 1. The van der Waals surface area contributed by atoms with Crippen LogP contribution in [0.2, 0.25) is 0 Å². The van der Waals surface area contributed by atoms with Crippen LogP contribution in [0, 0.1) is 6.92 Å². The van der Waals surface area contributed by atoms with Gasteiger partial charge in [-0.15, -0.1) is 0 Å². The molecule has 0 aliphatic rings. The molecule has 2 aromatic carbocycles. The summed E-state index contributed by atoms with van der Waals surface area (Å²) in [6.07, 6.45) is 0.320. The molecule has 0 heterocycles. The molecule has 4 heteroatoms. The van der Waals surface area contributed by atoms with Gasteiger partial charge in [0.15, 0.2) is 0 Å². The van der Waals surface area contributed by atoms with E-state index < -0.39 is 5.97 Å². The average Bonchev–Trinajstić information content (AvgIpc) is 2.47. The van der Waals surface area contributed by atoms with Crippen LogP contribution >= 0.6 is 0 Å². The summed E-state index contributed by atoms with van der Waals surface area (Å²) < 4.78 is 4.62. The van der Waals surface area contributed by atoms with Crippen molar-refractivity contribution < 1.29 is 14.3 Å². The van der Waals surface area contributed by atoms with E-state index in [-0.39, 0.29) is 5.91 Å². The molecule has 0 atom stereocenters. The molecule has 2 rings (SSSR count). The maximum atomic E-state index is 12.0. The largest absolute Gasteiger partial charge is 0.465 e. The van der Waals surface area contributed by atoms with Gasteiger partial charge in [-0.2, -0.15) is 0 Å². The van der Waals surface area contributed by atoms with Gasteiger partial charge in [-0.25, -0.2) is 4.79 Å². The van der Waals surface area contributed by atoms with Crippen LogP contribution in [0.15, 0.2) is 48.5 Å². The Bertz CT molecular complexity index is 647. The first kappa shape index (κ1) is 14.8. The molecule has 2 aromatic rings. The number of carbonyl (C=O) groups excluding carboxylic acids is 2. The topological polar surface area (TPSA) is 55.4 Å². The third kappa shape index (κ3) is 4.18. The summed E-state index contributed by atoms with van der Waals surface area (Å²) in [5.41, 5.74) is 3.20.